The summed E-state index contributed by atoms with van der Waals surface area (Å²) in [4.78, 5) is 7.47. The normalized spacial score (nSPS) is 9.82. The fourth-order valence-corrected chi connectivity index (χ4v) is 0.720. The Morgan fingerprint density at radius 2 is 2.45 bits per heavy atom. The van der Waals surface area contributed by atoms with Crippen LogP contribution in [0.2, 0.25) is 5.15 Å². The van der Waals surface area contributed by atoms with E-state index >= 15 is 0 Å². The van der Waals surface area contributed by atoms with E-state index in [4.69, 9.17) is 16.9 Å². The standard InChI is InChI=1S/C7H4ClN3/c8-7-6(2-1-3-9)4-10-5-11-7/h1-2,4-5H. The molecule has 0 radical (unpaired) electrons. The molecular formula is C7H4ClN3. The van der Waals surface area contributed by atoms with Gasteiger partial charge in [0.25, 0.3) is 0 Å². The molecule has 0 fully saturated rings. The summed E-state index contributed by atoms with van der Waals surface area (Å²) in [5, 5.41) is 8.55. The Morgan fingerprint density at radius 1 is 1.64 bits per heavy atom. The van der Waals surface area contributed by atoms with E-state index in [1.165, 1.54) is 12.4 Å². The van der Waals surface area contributed by atoms with Crippen molar-refractivity contribution in [3.8, 4) is 6.07 Å². The van der Waals surface area contributed by atoms with Gasteiger partial charge in [-0.25, -0.2) is 9.97 Å². The molecule has 1 rings (SSSR count). The first-order valence-corrected chi connectivity index (χ1v) is 3.24. The number of hydrogen-bond acceptors (Lipinski definition) is 3. The quantitative estimate of drug-likeness (QED) is 0.470. The van der Waals surface area contributed by atoms with Crippen LogP contribution >= 0.6 is 11.6 Å². The maximum absolute atomic E-state index is 8.20. The Kier molecular flexibility index (Phi) is 2.59. The molecule has 0 saturated carbocycles. The number of allylic oxidation sites excluding steroid dienone is 1. The number of nitriles is 1. The average molecular weight is 166 g/mol. The lowest BCUT2D eigenvalue weighted by molar-refractivity contribution is 1.16. The van der Waals surface area contributed by atoms with Crippen molar-refractivity contribution in [2.75, 3.05) is 0 Å². The van der Waals surface area contributed by atoms with Crippen LogP contribution in [0.3, 0.4) is 0 Å². The second kappa shape index (κ2) is 3.69. The fourth-order valence-electron chi connectivity index (χ4n) is 0.564. The summed E-state index contributed by atoms with van der Waals surface area (Å²) >= 11 is 5.65. The van der Waals surface area contributed by atoms with Gasteiger partial charge in [-0.05, 0) is 6.08 Å². The third kappa shape index (κ3) is 2.03. The molecule has 54 valence electrons. The SMILES string of the molecule is N#CC=Cc1cncnc1Cl. The second-order valence-electron chi connectivity index (χ2n) is 1.73. The Bertz CT molecular complexity index is 314. The molecule has 0 aliphatic rings. The maximum atomic E-state index is 8.20. The Balaban J connectivity index is 2.97. The summed E-state index contributed by atoms with van der Waals surface area (Å²) < 4.78 is 0. The highest BCUT2D eigenvalue weighted by Gasteiger charge is 1.93. The van der Waals surface area contributed by atoms with Crippen LogP contribution in [0.5, 0.6) is 0 Å². The predicted octanol–water partition coefficient (Wildman–Crippen LogP) is 1.67. The molecule has 0 atom stereocenters. The van der Waals surface area contributed by atoms with Crippen LogP contribution in [0.15, 0.2) is 18.6 Å². The van der Waals surface area contributed by atoms with Crippen molar-refractivity contribution >= 4 is 17.7 Å². The Morgan fingerprint density at radius 3 is 3.09 bits per heavy atom. The highest BCUT2D eigenvalue weighted by molar-refractivity contribution is 6.30. The van der Waals surface area contributed by atoms with E-state index in [-0.39, 0.29) is 0 Å². The highest BCUT2D eigenvalue weighted by Crippen LogP contribution is 2.10. The number of hydrogen-bond donors (Lipinski definition) is 0. The molecule has 0 bridgehead atoms. The molecule has 0 amide bonds. The van der Waals surface area contributed by atoms with Gasteiger partial charge in [0.05, 0.1) is 6.07 Å². The molecule has 3 nitrogen and oxygen atoms in total. The molecule has 1 heterocycles. The maximum Gasteiger partial charge on any atom is 0.139 e. The van der Waals surface area contributed by atoms with E-state index in [9.17, 15) is 0 Å². The largest absolute Gasteiger partial charge is 0.244 e. The van der Waals surface area contributed by atoms with Gasteiger partial charge < -0.3 is 0 Å². The van der Waals surface area contributed by atoms with Gasteiger partial charge >= 0.3 is 0 Å². The molecule has 0 aromatic carbocycles. The van der Waals surface area contributed by atoms with Crippen molar-refractivity contribution in [3.63, 3.8) is 0 Å². The lowest BCUT2D eigenvalue weighted by Gasteiger charge is -1.91. The fraction of sp³-hybridized carbons (Fsp3) is 0. The minimum atomic E-state index is 0.353. The van der Waals surface area contributed by atoms with Crippen LogP contribution in [-0.2, 0) is 0 Å². The van der Waals surface area contributed by atoms with Crippen LogP contribution in [0, 0.1) is 11.3 Å². The van der Waals surface area contributed by atoms with Gasteiger partial charge in [0.15, 0.2) is 0 Å². The van der Waals surface area contributed by atoms with Crippen molar-refractivity contribution < 1.29 is 0 Å². The summed E-state index contributed by atoms with van der Waals surface area (Å²) in [7, 11) is 0. The third-order valence-corrected chi connectivity index (χ3v) is 1.34. The number of aromatic nitrogens is 2. The molecule has 0 aliphatic heterocycles. The van der Waals surface area contributed by atoms with Crippen molar-refractivity contribution in [2.24, 2.45) is 0 Å². The number of nitrogens with zero attached hydrogens (tertiary/aromatic N) is 3. The molecular weight excluding hydrogens is 162 g/mol. The van der Waals surface area contributed by atoms with E-state index in [1.54, 1.807) is 12.3 Å². The molecule has 0 unspecified atom stereocenters. The van der Waals surface area contributed by atoms with Crippen LogP contribution in [0.1, 0.15) is 5.56 Å². The first-order chi connectivity index (χ1) is 5.34. The van der Waals surface area contributed by atoms with Gasteiger partial charge in [-0.1, -0.05) is 11.6 Å². The predicted molar refractivity (Wildman–Crippen MR) is 41.7 cm³/mol. The molecule has 1 aromatic rings. The van der Waals surface area contributed by atoms with Gasteiger partial charge in [0, 0.05) is 17.8 Å². The average Bonchev–Trinajstić information content (AvgIpc) is 2.03. The van der Waals surface area contributed by atoms with Crippen molar-refractivity contribution in [2.45, 2.75) is 0 Å². The van der Waals surface area contributed by atoms with E-state index in [0.717, 1.165) is 0 Å². The van der Waals surface area contributed by atoms with E-state index in [1.807, 2.05) is 6.07 Å². The molecule has 1 aromatic heterocycles. The molecule has 11 heavy (non-hydrogen) atoms. The van der Waals surface area contributed by atoms with Crippen LogP contribution in [0.4, 0.5) is 0 Å². The van der Waals surface area contributed by atoms with E-state index in [2.05, 4.69) is 9.97 Å². The lowest BCUT2D eigenvalue weighted by Crippen LogP contribution is -1.81. The summed E-state index contributed by atoms with van der Waals surface area (Å²) in [6, 6.07) is 1.85. The monoisotopic (exact) mass is 165 g/mol. The Labute approximate surface area is 69.0 Å². The topological polar surface area (TPSA) is 49.6 Å². The number of rotatable bonds is 1. The van der Waals surface area contributed by atoms with Gasteiger partial charge in [0.2, 0.25) is 0 Å². The zero-order chi connectivity index (χ0) is 8.10. The molecule has 0 spiro atoms. The molecule has 0 aliphatic carbocycles. The zero-order valence-electron chi connectivity index (χ0n) is 5.53. The van der Waals surface area contributed by atoms with Crippen molar-refractivity contribution in [1.82, 2.24) is 9.97 Å². The second-order valence-corrected chi connectivity index (χ2v) is 2.09. The van der Waals surface area contributed by atoms with Crippen molar-refractivity contribution in [3.05, 3.63) is 29.3 Å². The molecule has 0 N–H and O–H groups in total. The number of halogens is 1. The molecule has 0 saturated heterocycles. The van der Waals surface area contributed by atoms with E-state index < -0.39 is 0 Å². The summed E-state index contributed by atoms with van der Waals surface area (Å²) in [6.45, 7) is 0. The first-order valence-electron chi connectivity index (χ1n) is 2.86. The third-order valence-electron chi connectivity index (χ3n) is 1.03. The Hall–Kier alpha value is -1.40. The smallest absolute Gasteiger partial charge is 0.139 e. The summed E-state index contributed by atoms with van der Waals surface area (Å²) in [5.41, 5.74) is 0.649. The van der Waals surface area contributed by atoms with E-state index in [0.29, 0.717) is 10.7 Å². The van der Waals surface area contributed by atoms with Gasteiger partial charge in [-0.15, -0.1) is 0 Å². The van der Waals surface area contributed by atoms with Crippen LogP contribution in [-0.4, -0.2) is 9.97 Å². The summed E-state index contributed by atoms with van der Waals surface area (Å²) in [5.74, 6) is 0. The van der Waals surface area contributed by atoms with Gasteiger partial charge in [0.1, 0.15) is 11.5 Å². The van der Waals surface area contributed by atoms with Gasteiger partial charge in [-0.2, -0.15) is 5.26 Å². The zero-order valence-corrected chi connectivity index (χ0v) is 6.28. The lowest BCUT2D eigenvalue weighted by atomic mass is 10.3. The minimum absolute atomic E-state index is 0.353. The minimum Gasteiger partial charge on any atom is -0.244 e. The van der Waals surface area contributed by atoms with Crippen molar-refractivity contribution in [1.29, 1.82) is 5.26 Å². The first kappa shape index (κ1) is 7.70. The van der Waals surface area contributed by atoms with Crippen LogP contribution < -0.4 is 0 Å². The summed E-state index contributed by atoms with van der Waals surface area (Å²) in [6.07, 6.45) is 5.78. The van der Waals surface area contributed by atoms with Gasteiger partial charge in [-0.3, -0.25) is 0 Å². The van der Waals surface area contributed by atoms with Crippen LogP contribution in [0.25, 0.3) is 6.08 Å². The molecule has 4 heteroatoms. The highest BCUT2D eigenvalue weighted by atomic mass is 35.5.